The molecular weight excluding hydrogens is 674 g/mol. The summed E-state index contributed by atoms with van der Waals surface area (Å²) in [5.41, 5.74) is 1.62. The van der Waals surface area contributed by atoms with Gasteiger partial charge in [-0.15, -0.1) is 10.2 Å². The fraction of sp³-hybridized carbons (Fsp3) is 0.207. The van der Waals surface area contributed by atoms with Crippen LogP contribution in [-0.2, 0) is 25.7 Å². The molecule has 244 valence electrons. The Bertz CT molecular complexity index is 1930. The number of Topliss-reactive ketones (excluding diaryl/α,β-unsaturated/α-hetero) is 1. The summed E-state index contributed by atoms with van der Waals surface area (Å²) in [6, 6.07) is 13.1. The van der Waals surface area contributed by atoms with E-state index in [-0.39, 0.29) is 58.1 Å². The molecule has 0 saturated carbocycles. The van der Waals surface area contributed by atoms with E-state index in [4.69, 9.17) is 23.2 Å². The molecule has 0 aliphatic rings. The zero-order valence-electron chi connectivity index (χ0n) is 24.0. The molecule has 1 amide bonds. The predicted molar refractivity (Wildman–Crippen MR) is 157 cm³/mol. The summed E-state index contributed by atoms with van der Waals surface area (Å²) in [4.78, 5) is 32.1. The molecule has 0 radical (unpaired) electrons. The van der Waals surface area contributed by atoms with Crippen molar-refractivity contribution < 1.29 is 36.3 Å². The molecular formula is C29H21Cl2F5N8O3. The highest BCUT2D eigenvalue weighted by molar-refractivity contribution is 6.32. The van der Waals surface area contributed by atoms with Crippen LogP contribution in [0.5, 0.6) is 5.75 Å². The Kier molecular flexibility index (Phi) is 9.81. The zero-order valence-corrected chi connectivity index (χ0v) is 25.5. The van der Waals surface area contributed by atoms with Crippen LogP contribution in [0.15, 0.2) is 60.8 Å². The summed E-state index contributed by atoms with van der Waals surface area (Å²) < 4.78 is 69.3. The number of carbonyl (C=O) groups is 2. The van der Waals surface area contributed by atoms with E-state index in [1.165, 1.54) is 48.7 Å². The summed E-state index contributed by atoms with van der Waals surface area (Å²) in [6.45, 7) is -1.66. The van der Waals surface area contributed by atoms with E-state index in [0.717, 1.165) is 4.68 Å². The number of carbonyl (C=O) groups excluding carboxylic acids is 2. The van der Waals surface area contributed by atoms with Gasteiger partial charge >= 0.3 is 12.8 Å². The van der Waals surface area contributed by atoms with Crippen molar-refractivity contribution >= 4 is 34.9 Å². The van der Waals surface area contributed by atoms with Gasteiger partial charge in [0.1, 0.15) is 18.0 Å². The Morgan fingerprint density at radius 1 is 1.04 bits per heavy atom. The lowest BCUT2D eigenvalue weighted by atomic mass is 9.95. The van der Waals surface area contributed by atoms with Crippen LogP contribution < -0.4 is 10.1 Å². The Balaban J connectivity index is 1.42. The summed E-state index contributed by atoms with van der Waals surface area (Å²) in [5, 5.41) is 17.2. The van der Waals surface area contributed by atoms with Gasteiger partial charge < -0.3 is 10.1 Å². The van der Waals surface area contributed by atoms with Gasteiger partial charge in [0.2, 0.25) is 0 Å². The van der Waals surface area contributed by atoms with E-state index in [1.54, 1.807) is 19.1 Å². The van der Waals surface area contributed by atoms with Gasteiger partial charge in [-0.1, -0.05) is 35.3 Å². The predicted octanol–water partition coefficient (Wildman–Crippen LogP) is 5.89. The monoisotopic (exact) mass is 694 g/mol. The van der Waals surface area contributed by atoms with E-state index in [0.29, 0.717) is 21.5 Å². The molecule has 3 heterocycles. The number of hydrogen-bond donors (Lipinski definition) is 1. The van der Waals surface area contributed by atoms with E-state index in [9.17, 15) is 31.5 Å². The maximum Gasteiger partial charge on any atom is 0.455 e. The highest BCUT2D eigenvalue weighted by Gasteiger charge is 2.37. The molecule has 5 rings (SSSR count). The summed E-state index contributed by atoms with van der Waals surface area (Å²) in [7, 11) is 0. The number of alkyl halides is 5. The van der Waals surface area contributed by atoms with Crippen molar-refractivity contribution in [2.24, 2.45) is 0 Å². The first-order valence-corrected chi connectivity index (χ1v) is 14.2. The third-order valence-electron chi connectivity index (χ3n) is 6.62. The first kappa shape index (κ1) is 33.4. The standard InChI is InChI=1S/C29H21Cl2F5N8O3/c1-15-9-17(30)10-21(26(46)38-13-16-4-6-19(7-5-16)47-28(32)33)20(15)12-24(45)23-11-18(14-43-41-27(39-42-43)29(34,35)36)40-44(23)25-22(31)3-2-8-37-25/h2-11,28H,12-14H2,1H3,(H,38,46). The van der Waals surface area contributed by atoms with Gasteiger partial charge in [-0.2, -0.15) is 31.8 Å². The molecule has 47 heavy (non-hydrogen) atoms. The van der Waals surface area contributed by atoms with E-state index < -0.39 is 30.3 Å². The quantitative estimate of drug-likeness (QED) is 0.134. The van der Waals surface area contributed by atoms with E-state index >= 15 is 0 Å². The lowest BCUT2D eigenvalue weighted by molar-refractivity contribution is -0.145. The molecule has 0 fully saturated rings. The molecule has 11 nitrogen and oxygen atoms in total. The first-order chi connectivity index (χ1) is 22.3. The number of hydrogen-bond acceptors (Lipinski definition) is 8. The number of nitrogens with zero attached hydrogens (tertiary/aromatic N) is 7. The number of ether oxygens (including phenoxy) is 1. The van der Waals surface area contributed by atoms with Gasteiger partial charge in [-0.25, -0.2) is 9.67 Å². The maximum absolute atomic E-state index is 13.9. The maximum atomic E-state index is 13.9. The van der Waals surface area contributed by atoms with Crippen LogP contribution in [0.4, 0.5) is 22.0 Å². The van der Waals surface area contributed by atoms with E-state index in [1.807, 2.05) is 0 Å². The van der Waals surface area contributed by atoms with Gasteiger partial charge in [0.15, 0.2) is 11.6 Å². The number of aromatic nitrogens is 7. The Labute approximate surface area is 272 Å². The minimum Gasteiger partial charge on any atom is -0.435 e. The largest absolute Gasteiger partial charge is 0.455 e. The second-order valence-corrected chi connectivity index (χ2v) is 10.8. The molecule has 0 unspecified atom stereocenters. The fourth-order valence-corrected chi connectivity index (χ4v) is 4.97. The number of halogens is 7. The third-order valence-corrected chi connectivity index (χ3v) is 7.13. The molecule has 1 N–H and O–H groups in total. The summed E-state index contributed by atoms with van der Waals surface area (Å²) in [5.74, 6) is -2.52. The van der Waals surface area contributed by atoms with Crippen molar-refractivity contribution in [3.8, 4) is 11.6 Å². The number of benzene rings is 2. The zero-order chi connectivity index (χ0) is 33.9. The van der Waals surface area contributed by atoms with Gasteiger partial charge in [0.25, 0.3) is 11.7 Å². The summed E-state index contributed by atoms with van der Waals surface area (Å²) >= 11 is 12.6. The van der Waals surface area contributed by atoms with Crippen LogP contribution in [0.2, 0.25) is 10.0 Å². The highest BCUT2D eigenvalue weighted by Crippen LogP contribution is 2.27. The number of nitrogens with one attached hydrogen (secondary N) is 1. The molecule has 0 aliphatic heterocycles. The minimum atomic E-state index is -4.81. The normalized spacial score (nSPS) is 11.6. The van der Waals surface area contributed by atoms with Crippen molar-refractivity contribution in [2.75, 3.05) is 0 Å². The van der Waals surface area contributed by atoms with Crippen LogP contribution in [0.1, 0.15) is 49.1 Å². The highest BCUT2D eigenvalue weighted by atomic mass is 35.5. The number of ketones is 1. The average molecular weight is 695 g/mol. The van der Waals surface area contributed by atoms with Crippen LogP contribution in [0.3, 0.4) is 0 Å². The van der Waals surface area contributed by atoms with Crippen molar-refractivity contribution in [1.29, 1.82) is 0 Å². The number of tetrazole rings is 1. The molecule has 18 heteroatoms. The Morgan fingerprint density at radius 2 is 1.79 bits per heavy atom. The smallest absolute Gasteiger partial charge is 0.435 e. The van der Waals surface area contributed by atoms with Crippen molar-refractivity contribution in [3.05, 3.63) is 110 Å². The number of amides is 1. The lowest BCUT2D eigenvalue weighted by Gasteiger charge is -2.14. The molecule has 5 aromatic rings. The minimum absolute atomic E-state index is 0.0212. The molecule has 0 saturated heterocycles. The molecule has 0 atom stereocenters. The van der Waals surface area contributed by atoms with Crippen molar-refractivity contribution in [2.45, 2.75) is 39.2 Å². The lowest BCUT2D eigenvalue weighted by Crippen LogP contribution is -2.25. The van der Waals surface area contributed by atoms with Gasteiger partial charge in [-0.3, -0.25) is 9.59 Å². The molecule has 0 spiro atoms. The second kappa shape index (κ2) is 13.8. The van der Waals surface area contributed by atoms with Crippen molar-refractivity contribution in [1.82, 2.24) is 40.3 Å². The van der Waals surface area contributed by atoms with E-state index in [2.05, 4.69) is 35.5 Å². The number of rotatable bonds is 11. The third kappa shape index (κ3) is 8.07. The number of pyridine rings is 1. The number of aryl methyl sites for hydroxylation is 1. The van der Waals surface area contributed by atoms with Crippen LogP contribution in [0.25, 0.3) is 5.82 Å². The average Bonchev–Trinajstić information content (AvgIpc) is 3.66. The van der Waals surface area contributed by atoms with Gasteiger partial charge in [-0.05, 0) is 71.3 Å². The topological polar surface area (TPSA) is 130 Å². The molecule has 0 aliphatic carbocycles. The fourth-order valence-electron chi connectivity index (χ4n) is 4.50. The molecule has 2 aromatic carbocycles. The molecule has 0 bridgehead atoms. The van der Waals surface area contributed by atoms with Crippen LogP contribution in [0, 0.1) is 6.92 Å². The first-order valence-electron chi connectivity index (χ1n) is 13.5. The van der Waals surface area contributed by atoms with Crippen molar-refractivity contribution in [3.63, 3.8) is 0 Å². The SMILES string of the molecule is Cc1cc(Cl)cc(C(=O)NCc2ccc(OC(F)F)cc2)c1CC(=O)c1cc(Cn2nnc(C(F)(F)F)n2)nn1-c1ncccc1Cl. The summed E-state index contributed by atoms with van der Waals surface area (Å²) in [6.07, 6.45) is -3.71. The van der Waals surface area contributed by atoms with Gasteiger partial charge in [0.05, 0.1) is 10.7 Å². The molecule has 3 aromatic heterocycles. The van der Waals surface area contributed by atoms with Gasteiger partial charge in [0, 0.05) is 29.7 Å². The Morgan fingerprint density at radius 3 is 2.45 bits per heavy atom. The Hall–Kier alpha value is -4.96. The van der Waals surface area contributed by atoms with Crippen LogP contribution >= 0.6 is 23.2 Å². The van der Waals surface area contributed by atoms with Crippen LogP contribution in [-0.4, -0.2) is 53.3 Å². The second-order valence-electron chi connectivity index (χ2n) is 9.94.